The Morgan fingerprint density at radius 2 is 2.41 bits per heavy atom. The Labute approximate surface area is 99.2 Å². The van der Waals surface area contributed by atoms with Gasteiger partial charge in [-0.25, -0.2) is 4.68 Å². The van der Waals surface area contributed by atoms with E-state index in [4.69, 9.17) is 9.63 Å². The summed E-state index contributed by atoms with van der Waals surface area (Å²) in [4.78, 5) is 14.4. The molecule has 0 unspecified atom stereocenters. The average molecular weight is 256 g/mol. The van der Waals surface area contributed by atoms with Crippen LogP contribution in [0.4, 0.5) is 0 Å². The van der Waals surface area contributed by atoms with E-state index in [0.29, 0.717) is 16.9 Å². The van der Waals surface area contributed by atoms with Gasteiger partial charge >= 0.3 is 5.97 Å². The molecule has 0 aliphatic heterocycles. The molecule has 0 bridgehead atoms. The largest absolute Gasteiger partial charge is 0.481 e. The fraction of sp³-hybridized carbons (Fsp3) is 0.429. The molecule has 0 amide bonds. The first kappa shape index (κ1) is 11.5. The SMILES string of the molecule is Cc1noc(Cn2nnnc2SCC(=O)O)n1. The summed E-state index contributed by atoms with van der Waals surface area (Å²) in [6.45, 7) is 1.92. The maximum atomic E-state index is 10.4. The molecule has 2 aromatic rings. The number of thioether (sulfide) groups is 1. The standard InChI is InChI=1S/C7H8N6O3S/c1-4-8-5(16-10-4)2-13-7(9-11-12-13)17-3-6(14)15/h2-3H2,1H3,(H,14,15). The van der Waals surface area contributed by atoms with Gasteiger partial charge in [-0.15, -0.1) is 5.10 Å². The smallest absolute Gasteiger partial charge is 0.313 e. The highest BCUT2D eigenvalue weighted by Gasteiger charge is 2.12. The van der Waals surface area contributed by atoms with Gasteiger partial charge in [-0.2, -0.15) is 4.98 Å². The van der Waals surface area contributed by atoms with Crippen LogP contribution in [0.3, 0.4) is 0 Å². The molecule has 0 fully saturated rings. The van der Waals surface area contributed by atoms with E-state index in [0.717, 1.165) is 11.8 Å². The summed E-state index contributed by atoms with van der Waals surface area (Å²) in [5.41, 5.74) is 0. The molecule has 0 aromatic carbocycles. The molecule has 1 N–H and O–H groups in total. The molecular weight excluding hydrogens is 248 g/mol. The minimum atomic E-state index is -0.932. The number of tetrazole rings is 1. The zero-order valence-corrected chi connectivity index (χ0v) is 9.59. The Morgan fingerprint density at radius 1 is 1.59 bits per heavy atom. The van der Waals surface area contributed by atoms with Crippen LogP contribution in [-0.4, -0.2) is 47.2 Å². The van der Waals surface area contributed by atoms with E-state index in [1.165, 1.54) is 4.68 Å². The highest BCUT2D eigenvalue weighted by Crippen LogP contribution is 2.14. The molecule has 0 radical (unpaired) electrons. The fourth-order valence-corrected chi connectivity index (χ4v) is 1.65. The lowest BCUT2D eigenvalue weighted by molar-refractivity contribution is -0.133. The van der Waals surface area contributed by atoms with Gasteiger partial charge in [0.2, 0.25) is 11.0 Å². The molecule has 0 aliphatic rings. The van der Waals surface area contributed by atoms with Gasteiger partial charge in [0.1, 0.15) is 6.54 Å². The number of carboxylic acid groups (broad SMARTS) is 1. The number of carboxylic acids is 1. The molecule has 2 heterocycles. The van der Waals surface area contributed by atoms with Crippen LogP contribution >= 0.6 is 11.8 Å². The molecule has 0 atom stereocenters. The van der Waals surface area contributed by atoms with Crippen molar-refractivity contribution in [3.8, 4) is 0 Å². The first-order chi connectivity index (χ1) is 8.15. The summed E-state index contributed by atoms with van der Waals surface area (Å²) in [7, 11) is 0. The zero-order valence-electron chi connectivity index (χ0n) is 8.77. The summed E-state index contributed by atoms with van der Waals surface area (Å²) < 4.78 is 6.32. The fourth-order valence-electron chi connectivity index (χ4n) is 1.06. The van der Waals surface area contributed by atoms with E-state index in [1.807, 2.05) is 0 Å². The second kappa shape index (κ2) is 4.91. The van der Waals surface area contributed by atoms with Crippen LogP contribution < -0.4 is 0 Å². The quantitative estimate of drug-likeness (QED) is 0.711. The molecule has 2 aromatic heterocycles. The first-order valence-corrected chi connectivity index (χ1v) is 5.53. The predicted octanol–water partition coefficient (Wildman–Crippen LogP) is -0.410. The second-order valence-corrected chi connectivity index (χ2v) is 3.98. The Balaban J connectivity index is 2.06. The first-order valence-electron chi connectivity index (χ1n) is 4.55. The topological polar surface area (TPSA) is 120 Å². The van der Waals surface area contributed by atoms with Crippen molar-refractivity contribution < 1.29 is 14.4 Å². The maximum Gasteiger partial charge on any atom is 0.313 e. The molecule has 17 heavy (non-hydrogen) atoms. The molecule has 90 valence electrons. The Hall–Kier alpha value is -1.97. The van der Waals surface area contributed by atoms with Crippen molar-refractivity contribution in [3.63, 3.8) is 0 Å². The van der Waals surface area contributed by atoms with Crippen LogP contribution in [0.5, 0.6) is 0 Å². The number of hydrogen-bond acceptors (Lipinski definition) is 8. The van der Waals surface area contributed by atoms with E-state index < -0.39 is 5.97 Å². The number of aromatic nitrogens is 6. The molecule has 10 heteroatoms. The van der Waals surface area contributed by atoms with Crippen molar-refractivity contribution in [2.75, 3.05) is 5.75 Å². The van der Waals surface area contributed by atoms with Gasteiger partial charge in [0.05, 0.1) is 5.75 Å². The van der Waals surface area contributed by atoms with E-state index in [1.54, 1.807) is 6.92 Å². The van der Waals surface area contributed by atoms with E-state index in [-0.39, 0.29) is 12.3 Å². The van der Waals surface area contributed by atoms with E-state index in [9.17, 15) is 4.79 Å². The monoisotopic (exact) mass is 256 g/mol. The van der Waals surface area contributed by atoms with Crippen LogP contribution in [0.2, 0.25) is 0 Å². The Morgan fingerprint density at radius 3 is 3.06 bits per heavy atom. The van der Waals surface area contributed by atoms with Gasteiger partial charge in [-0.1, -0.05) is 16.9 Å². The third-order valence-electron chi connectivity index (χ3n) is 1.68. The van der Waals surface area contributed by atoms with Crippen molar-refractivity contribution in [2.45, 2.75) is 18.6 Å². The predicted molar refractivity (Wildman–Crippen MR) is 54.3 cm³/mol. The van der Waals surface area contributed by atoms with Crippen molar-refractivity contribution in [1.29, 1.82) is 0 Å². The highest BCUT2D eigenvalue weighted by molar-refractivity contribution is 7.99. The van der Waals surface area contributed by atoms with E-state index >= 15 is 0 Å². The summed E-state index contributed by atoms with van der Waals surface area (Å²) >= 11 is 1.03. The Bertz CT molecular complexity index is 523. The van der Waals surface area contributed by atoms with Gasteiger partial charge < -0.3 is 9.63 Å². The van der Waals surface area contributed by atoms with Crippen LogP contribution in [0.1, 0.15) is 11.7 Å². The van der Waals surface area contributed by atoms with Gasteiger partial charge in [0.15, 0.2) is 5.82 Å². The third kappa shape index (κ3) is 3.00. The van der Waals surface area contributed by atoms with Crippen molar-refractivity contribution in [2.24, 2.45) is 0 Å². The van der Waals surface area contributed by atoms with E-state index in [2.05, 4.69) is 25.7 Å². The van der Waals surface area contributed by atoms with Crippen LogP contribution in [0.15, 0.2) is 9.68 Å². The van der Waals surface area contributed by atoms with Crippen LogP contribution in [-0.2, 0) is 11.3 Å². The Kier molecular flexibility index (Phi) is 3.32. The molecular formula is C7H8N6O3S. The summed E-state index contributed by atoms with van der Waals surface area (Å²) in [6.07, 6.45) is 0. The number of carbonyl (C=O) groups is 1. The minimum Gasteiger partial charge on any atom is -0.481 e. The summed E-state index contributed by atoms with van der Waals surface area (Å²) in [5, 5.41) is 23.5. The molecule has 9 nitrogen and oxygen atoms in total. The average Bonchev–Trinajstić information content (AvgIpc) is 2.86. The lowest BCUT2D eigenvalue weighted by Crippen LogP contribution is -2.06. The molecule has 0 spiro atoms. The normalized spacial score (nSPS) is 10.6. The van der Waals surface area contributed by atoms with Gasteiger partial charge in [0, 0.05) is 0 Å². The lowest BCUT2D eigenvalue weighted by Gasteiger charge is -1.98. The zero-order chi connectivity index (χ0) is 12.3. The molecule has 0 saturated carbocycles. The molecule has 0 aliphatic carbocycles. The number of rotatable bonds is 5. The molecule has 2 rings (SSSR count). The van der Waals surface area contributed by atoms with Gasteiger partial charge in [0.25, 0.3) is 0 Å². The maximum absolute atomic E-state index is 10.4. The van der Waals surface area contributed by atoms with Gasteiger partial charge in [-0.05, 0) is 17.4 Å². The van der Waals surface area contributed by atoms with Crippen LogP contribution in [0, 0.1) is 6.92 Å². The van der Waals surface area contributed by atoms with Crippen LogP contribution in [0.25, 0.3) is 0 Å². The highest BCUT2D eigenvalue weighted by atomic mass is 32.2. The number of nitrogens with zero attached hydrogens (tertiary/aromatic N) is 6. The van der Waals surface area contributed by atoms with Crippen molar-refractivity contribution in [3.05, 3.63) is 11.7 Å². The summed E-state index contributed by atoms with van der Waals surface area (Å²) in [6, 6.07) is 0. The second-order valence-electron chi connectivity index (χ2n) is 3.04. The van der Waals surface area contributed by atoms with Crippen molar-refractivity contribution >= 4 is 17.7 Å². The third-order valence-corrected chi connectivity index (χ3v) is 2.62. The lowest BCUT2D eigenvalue weighted by atomic mass is 10.6. The number of aryl methyl sites for hydroxylation is 1. The molecule has 0 saturated heterocycles. The summed E-state index contributed by atoms with van der Waals surface area (Å²) in [5.74, 6) is -0.151. The number of aliphatic carboxylic acids is 1. The van der Waals surface area contributed by atoms with Gasteiger partial charge in [-0.3, -0.25) is 4.79 Å². The van der Waals surface area contributed by atoms with Crippen molar-refractivity contribution in [1.82, 2.24) is 30.3 Å². The number of hydrogen-bond donors (Lipinski definition) is 1. The minimum absolute atomic E-state index is 0.108.